The zero-order valence-corrected chi connectivity index (χ0v) is 11.9. The summed E-state index contributed by atoms with van der Waals surface area (Å²) in [5, 5.41) is 8.97. The third kappa shape index (κ3) is 12.1. The molecule has 0 unspecified atom stereocenters. The summed E-state index contributed by atoms with van der Waals surface area (Å²) in [7, 11) is 0. The lowest BCUT2D eigenvalue weighted by molar-refractivity contribution is -0.109. The van der Waals surface area contributed by atoms with Gasteiger partial charge < -0.3 is 5.11 Å². The molecule has 0 amide bonds. The predicted molar refractivity (Wildman–Crippen MR) is 72.9 cm³/mol. The molecular weight excluding hydrogens is 214 g/mol. The average Bonchev–Trinajstić information content (AvgIpc) is 2.31. The Kier molecular flexibility index (Phi) is 10.9. The Balaban J connectivity index is 3.09. The van der Waals surface area contributed by atoms with Crippen molar-refractivity contribution in [2.45, 2.75) is 77.7 Å². The molecule has 2 N–H and O–H groups in total. The molecule has 0 heterocycles. The van der Waals surface area contributed by atoms with Gasteiger partial charge in [0.1, 0.15) is 5.60 Å². The monoisotopic (exact) mass is 245 g/mol. The van der Waals surface area contributed by atoms with E-state index in [2.05, 4.69) is 12.4 Å². The molecule has 0 aliphatic heterocycles. The summed E-state index contributed by atoms with van der Waals surface area (Å²) in [6.45, 7) is 6.90. The molecule has 0 aliphatic rings. The average molecular weight is 245 g/mol. The first-order valence-electron chi connectivity index (χ1n) is 7.14. The van der Waals surface area contributed by atoms with E-state index in [0.29, 0.717) is 0 Å². The van der Waals surface area contributed by atoms with Crippen molar-refractivity contribution in [3.8, 4) is 0 Å². The van der Waals surface area contributed by atoms with Crippen molar-refractivity contribution < 1.29 is 9.94 Å². The summed E-state index contributed by atoms with van der Waals surface area (Å²) in [6, 6.07) is 0. The van der Waals surface area contributed by atoms with Crippen LogP contribution in [0.1, 0.15) is 72.1 Å². The van der Waals surface area contributed by atoms with E-state index in [-0.39, 0.29) is 6.61 Å². The molecule has 0 fully saturated rings. The first-order chi connectivity index (χ1) is 8.12. The van der Waals surface area contributed by atoms with Crippen LogP contribution in [-0.4, -0.2) is 23.9 Å². The van der Waals surface area contributed by atoms with Crippen LogP contribution >= 0.6 is 0 Å². The minimum atomic E-state index is -0.472. The second-order valence-electron chi connectivity index (χ2n) is 5.39. The molecule has 0 rings (SSSR count). The van der Waals surface area contributed by atoms with Gasteiger partial charge in [-0.05, 0) is 20.3 Å². The van der Waals surface area contributed by atoms with Crippen LogP contribution in [0.3, 0.4) is 0 Å². The highest BCUT2D eigenvalue weighted by Crippen LogP contribution is 2.08. The van der Waals surface area contributed by atoms with Crippen molar-refractivity contribution in [3.63, 3.8) is 0 Å². The molecule has 3 heteroatoms. The SMILES string of the molecule is CCCCCCCCCCNOC(C)(C)CO. The Bertz CT molecular complexity index is 160. The first kappa shape index (κ1) is 16.9. The molecule has 0 aromatic carbocycles. The third-order valence-electron chi connectivity index (χ3n) is 2.86. The van der Waals surface area contributed by atoms with Crippen LogP contribution in [0.2, 0.25) is 0 Å². The maximum Gasteiger partial charge on any atom is 0.107 e. The van der Waals surface area contributed by atoms with Crippen LogP contribution in [0.25, 0.3) is 0 Å². The smallest absolute Gasteiger partial charge is 0.107 e. The molecule has 0 radical (unpaired) electrons. The van der Waals surface area contributed by atoms with Crippen LogP contribution < -0.4 is 5.48 Å². The summed E-state index contributed by atoms with van der Waals surface area (Å²) >= 11 is 0. The topological polar surface area (TPSA) is 41.5 Å². The van der Waals surface area contributed by atoms with E-state index >= 15 is 0 Å². The van der Waals surface area contributed by atoms with Crippen molar-refractivity contribution >= 4 is 0 Å². The van der Waals surface area contributed by atoms with Gasteiger partial charge in [-0.1, -0.05) is 51.9 Å². The highest BCUT2D eigenvalue weighted by Gasteiger charge is 2.16. The van der Waals surface area contributed by atoms with Crippen LogP contribution in [-0.2, 0) is 4.84 Å². The molecule has 0 spiro atoms. The Labute approximate surface area is 107 Å². The van der Waals surface area contributed by atoms with Crippen LogP contribution in [0.4, 0.5) is 0 Å². The quantitative estimate of drug-likeness (QED) is 0.409. The Morgan fingerprint density at radius 1 is 0.941 bits per heavy atom. The summed E-state index contributed by atoms with van der Waals surface area (Å²) in [6.07, 6.45) is 10.6. The van der Waals surface area contributed by atoms with E-state index in [1.165, 1.54) is 44.9 Å². The van der Waals surface area contributed by atoms with Crippen LogP contribution in [0.5, 0.6) is 0 Å². The molecular formula is C14H31NO2. The number of nitrogens with one attached hydrogen (secondary N) is 1. The summed E-state index contributed by atoms with van der Waals surface area (Å²) in [5.74, 6) is 0. The fourth-order valence-electron chi connectivity index (χ4n) is 1.61. The standard InChI is InChI=1S/C14H31NO2/c1-4-5-6-7-8-9-10-11-12-15-17-14(2,3)13-16/h15-16H,4-13H2,1-3H3. The van der Waals surface area contributed by atoms with Crippen molar-refractivity contribution in [3.05, 3.63) is 0 Å². The number of aliphatic hydroxyl groups is 1. The Hall–Kier alpha value is -0.120. The van der Waals surface area contributed by atoms with E-state index in [9.17, 15) is 0 Å². The highest BCUT2D eigenvalue weighted by molar-refractivity contribution is 4.64. The molecule has 0 aromatic rings. The van der Waals surface area contributed by atoms with Crippen molar-refractivity contribution in [1.29, 1.82) is 0 Å². The third-order valence-corrected chi connectivity index (χ3v) is 2.86. The maximum absolute atomic E-state index is 8.97. The van der Waals surface area contributed by atoms with E-state index in [4.69, 9.17) is 9.94 Å². The fourth-order valence-corrected chi connectivity index (χ4v) is 1.61. The van der Waals surface area contributed by atoms with Gasteiger partial charge in [-0.15, -0.1) is 0 Å². The predicted octanol–water partition coefficient (Wildman–Crippen LogP) is 3.42. The normalized spacial score (nSPS) is 12.0. The number of hydroxylamine groups is 1. The van der Waals surface area contributed by atoms with E-state index in [1.807, 2.05) is 13.8 Å². The number of hydrogen-bond acceptors (Lipinski definition) is 3. The molecule has 0 bridgehead atoms. The van der Waals surface area contributed by atoms with Gasteiger partial charge in [0.05, 0.1) is 6.61 Å². The largest absolute Gasteiger partial charge is 0.393 e. The first-order valence-corrected chi connectivity index (χ1v) is 7.14. The molecule has 0 atom stereocenters. The molecule has 104 valence electrons. The van der Waals surface area contributed by atoms with Gasteiger partial charge in [0.15, 0.2) is 0 Å². The molecule has 17 heavy (non-hydrogen) atoms. The Morgan fingerprint density at radius 3 is 2.00 bits per heavy atom. The zero-order valence-electron chi connectivity index (χ0n) is 11.9. The molecule has 0 aliphatic carbocycles. The molecule has 0 aromatic heterocycles. The summed E-state index contributed by atoms with van der Waals surface area (Å²) in [4.78, 5) is 5.34. The number of rotatable bonds is 12. The highest BCUT2D eigenvalue weighted by atomic mass is 16.7. The fraction of sp³-hybridized carbons (Fsp3) is 1.00. The number of hydrogen-bond donors (Lipinski definition) is 2. The lowest BCUT2D eigenvalue weighted by Gasteiger charge is -2.22. The molecule has 0 saturated carbocycles. The zero-order chi connectivity index (χ0) is 13.0. The van der Waals surface area contributed by atoms with Crippen LogP contribution in [0.15, 0.2) is 0 Å². The minimum Gasteiger partial charge on any atom is -0.393 e. The van der Waals surface area contributed by atoms with Gasteiger partial charge in [-0.2, -0.15) is 0 Å². The maximum atomic E-state index is 8.97. The lowest BCUT2D eigenvalue weighted by Crippen LogP contribution is -2.36. The van der Waals surface area contributed by atoms with Crippen molar-refractivity contribution in [2.24, 2.45) is 0 Å². The van der Waals surface area contributed by atoms with E-state index < -0.39 is 5.60 Å². The number of unbranched alkanes of at least 4 members (excludes halogenated alkanes) is 7. The van der Waals surface area contributed by atoms with Crippen molar-refractivity contribution in [1.82, 2.24) is 5.48 Å². The van der Waals surface area contributed by atoms with E-state index in [0.717, 1.165) is 13.0 Å². The van der Waals surface area contributed by atoms with Crippen molar-refractivity contribution in [2.75, 3.05) is 13.2 Å². The van der Waals surface area contributed by atoms with Gasteiger partial charge in [0.25, 0.3) is 0 Å². The van der Waals surface area contributed by atoms with Gasteiger partial charge >= 0.3 is 0 Å². The molecule has 0 saturated heterocycles. The minimum absolute atomic E-state index is 0.0391. The number of aliphatic hydroxyl groups excluding tert-OH is 1. The second kappa shape index (κ2) is 11.0. The van der Waals surface area contributed by atoms with Gasteiger partial charge in [-0.25, -0.2) is 5.48 Å². The van der Waals surface area contributed by atoms with Gasteiger partial charge in [0, 0.05) is 6.54 Å². The lowest BCUT2D eigenvalue weighted by atomic mass is 10.1. The van der Waals surface area contributed by atoms with Crippen LogP contribution in [0, 0.1) is 0 Å². The Morgan fingerprint density at radius 2 is 1.47 bits per heavy atom. The summed E-state index contributed by atoms with van der Waals surface area (Å²) in [5.41, 5.74) is 2.46. The van der Waals surface area contributed by atoms with E-state index in [1.54, 1.807) is 0 Å². The van der Waals surface area contributed by atoms with Gasteiger partial charge in [-0.3, -0.25) is 4.84 Å². The summed E-state index contributed by atoms with van der Waals surface area (Å²) < 4.78 is 0. The van der Waals surface area contributed by atoms with Gasteiger partial charge in [0.2, 0.25) is 0 Å². The molecule has 3 nitrogen and oxygen atoms in total. The second-order valence-corrected chi connectivity index (χ2v) is 5.39.